The molecule has 0 radical (unpaired) electrons. The van der Waals surface area contributed by atoms with Gasteiger partial charge in [0.2, 0.25) is 0 Å². The van der Waals surface area contributed by atoms with E-state index in [1.807, 2.05) is 36.4 Å². The van der Waals surface area contributed by atoms with Crippen molar-refractivity contribution in [2.75, 3.05) is 6.61 Å². The zero-order valence-electron chi connectivity index (χ0n) is 18.3. The number of nitrogens with two attached hydrogens (primary N) is 1. The van der Waals surface area contributed by atoms with Gasteiger partial charge in [-0.05, 0) is 33.1 Å². The van der Waals surface area contributed by atoms with Gasteiger partial charge in [0.15, 0.2) is 0 Å². The molecule has 0 fully saturated rings. The van der Waals surface area contributed by atoms with E-state index in [4.69, 9.17) is 10.3 Å². The second-order valence-electron chi connectivity index (χ2n) is 8.47. The quantitative estimate of drug-likeness (QED) is 0.259. The Kier molecular flexibility index (Phi) is 7.23. The Morgan fingerprint density at radius 1 is 0.903 bits per heavy atom. The van der Waals surface area contributed by atoms with Gasteiger partial charge in [-0.1, -0.05) is 106 Å². The van der Waals surface area contributed by atoms with Crippen molar-refractivity contribution in [2.24, 2.45) is 5.84 Å². The van der Waals surface area contributed by atoms with Crippen LogP contribution in [-0.2, 0) is 4.43 Å². The van der Waals surface area contributed by atoms with Gasteiger partial charge in [0.25, 0.3) is 14.2 Å². The number of rotatable bonds is 7. The van der Waals surface area contributed by atoms with Gasteiger partial charge in [-0.25, -0.2) is 5.84 Å². The molecule has 31 heavy (non-hydrogen) atoms. The summed E-state index contributed by atoms with van der Waals surface area (Å²) in [5.41, 5.74) is 3.67. The summed E-state index contributed by atoms with van der Waals surface area (Å²) in [5.74, 6) is 4.89. The molecule has 0 unspecified atom stereocenters. The van der Waals surface area contributed by atoms with Gasteiger partial charge in [0.05, 0.1) is 6.61 Å². The van der Waals surface area contributed by atoms with Gasteiger partial charge in [-0.3, -0.25) is 10.2 Å². The van der Waals surface area contributed by atoms with E-state index in [9.17, 15) is 4.79 Å². The Morgan fingerprint density at radius 2 is 1.42 bits per heavy atom. The molecule has 0 saturated carbocycles. The van der Waals surface area contributed by atoms with Crippen molar-refractivity contribution >= 4 is 30.7 Å². The average Bonchev–Trinajstić information content (AvgIpc) is 2.79. The molecule has 0 aliphatic carbocycles. The third-order valence-electron chi connectivity index (χ3n) is 5.43. The molecule has 1 amide bonds. The van der Waals surface area contributed by atoms with Gasteiger partial charge in [-0.2, -0.15) is 0 Å². The smallest absolute Gasteiger partial charge is 0.265 e. The highest BCUT2D eigenvalue weighted by Gasteiger charge is 2.49. The molecule has 0 aromatic heterocycles. The SMILES string of the molecule is CC(C)(C)[Si](OC/C=C/c1ccc(C(=O)NN)cc1)(c1ccccc1)c1ccccc1. The summed E-state index contributed by atoms with van der Waals surface area (Å²) in [7, 11) is -2.53. The maximum atomic E-state index is 11.6. The van der Waals surface area contributed by atoms with Crippen LogP contribution in [0.5, 0.6) is 0 Å². The van der Waals surface area contributed by atoms with Crippen molar-refractivity contribution in [3.8, 4) is 0 Å². The Hall–Kier alpha value is -2.99. The van der Waals surface area contributed by atoms with E-state index >= 15 is 0 Å². The predicted octanol–water partition coefficient (Wildman–Crippen LogP) is 3.88. The van der Waals surface area contributed by atoms with Gasteiger partial charge in [0.1, 0.15) is 0 Å². The van der Waals surface area contributed by atoms with E-state index < -0.39 is 8.32 Å². The lowest BCUT2D eigenvalue weighted by atomic mass is 10.1. The molecule has 4 nitrogen and oxygen atoms in total. The zero-order valence-corrected chi connectivity index (χ0v) is 19.3. The van der Waals surface area contributed by atoms with Crippen molar-refractivity contribution < 1.29 is 9.22 Å². The molecule has 0 spiro atoms. The monoisotopic (exact) mass is 430 g/mol. The van der Waals surface area contributed by atoms with Crippen LogP contribution in [0.25, 0.3) is 6.08 Å². The summed E-state index contributed by atoms with van der Waals surface area (Å²) in [6.45, 7) is 7.30. The number of hydrogen-bond donors (Lipinski definition) is 2. The lowest BCUT2D eigenvalue weighted by molar-refractivity contribution is 0.0953. The van der Waals surface area contributed by atoms with Gasteiger partial charge in [-0.15, -0.1) is 0 Å². The number of benzene rings is 3. The van der Waals surface area contributed by atoms with Gasteiger partial charge in [0, 0.05) is 5.56 Å². The van der Waals surface area contributed by atoms with E-state index in [2.05, 4.69) is 74.7 Å². The summed E-state index contributed by atoms with van der Waals surface area (Å²) in [6.07, 6.45) is 4.05. The average molecular weight is 431 g/mol. The number of amides is 1. The fraction of sp³-hybridized carbons (Fsp3) is 0.192. The summed E-state index contributed by atoms with van der Waals surface area (Å²) in [4.78, 5) is 11.6. The number of nitrogen functional groups attached to an aromatic ring is 1. The Morgan fingerprint density at radius 3 is 1.87 bits per heavy atom. The Labute approximate surface area is 185 Å². The first-order valence-electron chi connectivity index (χ1n) is 10.4. The van der Waals surface area contributed by atoms with Crippen LogP contribution in [0, 0.1) is 0 Å². The van der Waals surface area contributed by atoms with Crippen LogP contribution in [0.3, 0.4) is 0 Å². The van der Waals surface area contributed by atoms with Crippen molar-refractivity contribution in [2.45, 2.75) is 25.8 Å². The number of hydrazine groups is 1. The van der Waals surface area contributed by atoms with Crippen molar-refractivity contribution in [3.63, 3.8) is 0 Å². The molecule has 5 heteroatoms. The minimum atomic E-state index is -2.53. The second kappa shape index (κ2) is 9.88. The Balaban J connectivity index is 1.88. The maximum Gasteiger partial charge on any atom is 0.265 e. The first-order valence-corrected chi connectivity index (χ1v) is 12.3. The third kappa shape index (κ3) is 5.02. The summed E-state index contributed by atoms with van der Waals surface area (Å²) < 4.78 is 6.84. The standard InChI is InChI=1S/C26H30N2O2Si/c1-26(2,3)31(23-12-6-4-7-13-23,24-14-8-5-9-15-24)30-20-10-11-21-16-18-22(19-17-21)25(29)28-27/h4-19H,20,27H2,1-3H3,(H,28,29)/b11-10+. The van der Waals surface area contributed by atoms with Crippen molar-refractivity contribution in [3.05, 3.63) is 102 Å². The molecule has 3 aromatic carbocycles. The fourth-order valence-electron chi connectivity index (χ4n) is 3.95. The van der Waals surface area contributed by atoms with Crippen LogP contribution in [0.1, 0.15) is 36.7 Å². The van der Waals surface area contributed by atoms with Crippen LogP contribution in [0.2, 0.25) is 5.04 Å². The summed E-state index contributed by atoms with van der Waals surface area (Å²) >= 11 is 0. The van der Waals surface area contributed by atoms with E-state index in [1.54, 1.807) is 12.1 Å². The van der Waals surface area contributed by atoms with Crippen LogP contribution < -0.4 is 21.6 Å². The molecule has 0 bridgehead atoms. The molecule has 0 heterocycles. The molecule has 160 valence electrons. The maximum absolute atomic E-state index is 11.6. The highest BCUT2D eigenvalue weighted by Crippen LogP contribution is 2.36. The minimum Gasteiger partial charge on any atom is -0.404 e. The first-order chi connectivity index (χ1) is 14.9. The van der Waals surface area contributed by atoms with E-state index in [-0.39, 0.29) is 10.9 Å². The predicted molar refractivity (Wildman–Crippen MR) is 131 cm³/mol. The number of carbonyl (C=O) groups is 1. The Bertz CT molecular complexity index is 971. The van der Waals surface area contributed by atoms with Gasteiger partial charge < -0.3 is 4.43 Å². The molecule has 0 aliphatic rings. The lowest BCUT2D eigenvalue weighted by Gasteiger charge is -2.42. The van der Waals surface area contributed by atoms with E-state index in [0.717, 1.165) is 5.56 Å². The molecule has 0 atom stereocenters. The molecular formula is C26H30N2O2Si. The number of hydrogen-bond acceptors (Lipinski definition) is 3. The van der Waals surface area contributed by atoms with Crippen LogP contribution in [0.15, 0.2) is 91.0 Å². The summed E-state index contributed by atoms with van der Waals surface area (Å²) in [5, 5.41) is 2.47. The third-order valence-corrected chi connectivity index (χ3v) is 10.4. The fourth-order valence-corrected chi connectivity index (χ4v) is 8.45. The molecule has 3 rings (SSSR count). The highest BCUT2D eigenvalue weighted by atomic mass is 28.4. The largest absolute Gasteiger partial charge is 0.404 e. The van der Waals surface area contributed by atoms with Crippen LogP contribution >= 0.6 is 0 Å². The molecule has 3 N–H and O–H groups in total. The normalized spacial score (nSPS) is 12.1. The van der Waals surface area contributed by atoms with Crippen molar-refractivity contribution in [1.82, 2.24) is 5.43 Å². The topological polar surface area (TPSA) is 64.3 Å². The van der Waals surface area contributed by atoms with E-state index in [1.165, 1.54) is 10.4 Å². The first kappa shape index (κ1) is 22.7. The number of nitrogens with one attached hydrogen (secondary N) is 1. The minimum absolute atomic E-state index is 0.0548. The number of carbonyl (C=O) groups excluding carboxylic acids is 1. The lowest BCUT2D eigenvalue weighted by Crippen LogP contribution is -2.66. The molecule has 0 aliphatic heterocycles. The summed E-state index contributed by atoms with van der Waals surface area (Å²) in [6, 6.07) is 28.5. The highest BCUT2D eigenvalue weighted by molar-refractivity contribution is 6.99. The van der Waals surface area contributed by atoms with Gasteiger partial charge >= 0.3 is 0 Å². The van der Waals surface area contributed by atoms with Crippen LogP contribution in [0.4, 0.5) is 0 Å². The molecule has 3 aromatic rings. The zero-order chi connectivity index (χ0) is 22.3. The molecule has 0 saturated heterocycles. The second-order valence-corrected chi connectivity index (χ2v) is 12.8. The van der Waals surface area contributed by atoms with E-state index in [0.29, 0.717) is 12.2 Å². The van der Waals surface area contributed by atoms with Crippen molar-refractivity contribution in [1.29, 1.82) is 0 Å². The molecular weight excluding hydrogens is 400 g/mol. The van der Waals surface area contributed by atoms with Crippen LogP contribution in [-0.4, -0.2) is 20.8 Å².